The zero-order valence-corrected chi connectivity index (χ0v) is 14.6. The van der Waals surface area contributed by atoms with Crippen LogP contribution in [0, 0.1) is 0 Å². The van der Waals surface area contributed by atoms with E-state index in [0.717, 1.165) is 19.6 Å². The predicted molar refractivity (Wildman–Crippen MR) is 90.9 cm³/mol. The van der Waals surface area contributed by atoms with Gasteiger partial charge in [0.1, 0.15) is 0 Å². The standard InChI is InChI=1S/C16H27N3O4/c1-6-19(7-2)9-8-17-16(20)18-12-10-13(21-3)15(23-5)14(11-12)22-4/h10-11H,6-9H2,1-5H3,(H2,17,18,20). The van der Waals surface area contributed by atoms with E-state index in [0.29, 0.717) is 29.5 Å². The zero-order chi connectivity index (χ0) is 17.2. The van der Waals surface area contributed by atoms with Crippen LogP contribution < -0.4 is 24.8 Å². The Hall–Kier alpha value is -2.15. The Morgan fingerprint density at radius 3 is 2.04 bits per heavy atom. The highest BCUT2D eigenvalue weighted by atomic mass is 16.5. The van der Waals surface area contributed by atoms with Crippen LogP contribution in [-0.4, -0.2) is 58.4 Å². The Morgan fingerprint density at radius 1 is 1.04 bits per heavy atom. The van der Waals surface area contributed by atoms with E-state index < -0.39 is 0 Å². The molecule has 0 unspecified atom stereocenters. The molecule has 7 heteroatoms. The number of methoxy groups -OCH3 is 3. The van der Waals surface area contributed by atoms with Crippen molar-refractivity contribution in [2.45, 2.75) is 13.8 Å². The number of ether oxygens (including phenoxy) is 3. The Bertz CT molecular complexity index is 479. The van der Waals surface area contributed by atoms with Crippen molar-refractivity contribution in [2.24, 2.45) is 0 Å². The van der Waals surface area contributed by atoms with Crippen molar-refractivity contribution in [1.29, 1.82) is 0 Å². The number of urea groups is 1. The molecule has 7 nitrogen and oxygen atoms in total. The molecule has 0 atom stereocenters. The minimum atomic E-state index is -0.272. The van der Waals surface area contributed by atoms with E-state index in [1.165, 1.54) is 21.3 Å². The van der Waals surface area contributed by atoms with Gasteiger partial charge < -0.3 is 29.7 Å². The number of likely N-dealkylation sites (N-methyl/N-ethyl adjacent to an activating group) is 1. The van der Waals surface area contributed by atoms with Gasteiger partial charge in [0, 0.05) is 25.2 Å². The Morgan fingerprint density at radius 2 is 1.61 bits per heavy atom. The first-order valence-electron chi connectivity index (χ1n) is 7.66. The average Bonchev–Trinajstić information content (AvgIpc) is 2.57. The maximum atomic E-state index is 12.0. The van der Waals surface area contributed by atoms with Crippen molar-refractivity contribution in [3.05, 3.63) is 12.1 Å². The van der Waals surface area contributed by atoms with Gasteiger partial charge in [-0.3, -0.25) is 0 Å². The maximum absolute atomic E-state index is 12.0. The zero-order valence-electron chi connectivity index (χ0n) is 14.6. The molecule has 1 aromatic carbocycles. The lowest BCUT2D eigenvalue weighted by atomic mass is 10.2. The van der Waals surface area contributed by atoms with E-state index in [1.54, 1.807) is 12.1 Å². The summed E-state index contributed by atoms with van der Waals surface area (Å²) in [5.41, 5.74) is 0.569. The van der Waals surface area contributed by atoms with Crippen molar-refractivity contribution in [3.63, 3.8) is 0 Å². The molecule has 0 fully saturated rings. The predicted octanol–water partition coefficient (Wildman–Crippen LogP) is 2.18. The van der Waals surface area contributed by atoms with E-state index >= 15 is 0 Å². The van der Waals surface area contributed by atoms with E-state index in [4.69, 9.17) is 14.2 Å². The molecule has 130 valence electrons. The number of rotatable bonds is 9. The van der Waals surface area contributed by atoms with Gasteiger partial charge in [-0.1, -0.05) is 13.8 Å². The number of amides is 2. The molecule has 1 aromatic rings. The smallest absolute Gasteiger partial charge is 0.319 e. The van der Waals surface area contributed by atoms with Crippen molar-refractivity contribution in [3.8, 4) is 17.2 Å². The van der Waals surface area contributed by atoms with Gasteiger partial charge in [0.25, 0.3) is 0 Å². The van der Waals surface area contributed by atoms with Gasteiger partial charge in [-0.2, -0.15) is 0 Å². The number of anilines is 1. The van der Waals surface area contributed by atoms with Crippen LogP contribution in [0.5, 0.6) is 17.2 Å². The lowest BCUT2D eigenvalue weighted by molar-refractivity contribution is 0.247. The largest absolute Gasteiger partial charge is 0.493 e. The fraction of sp³-hybridized carbons (Fsp3) is 0.562. The minimum Gasteiger partial charge on any atom is -0.493 e. The SMILES string of the molecule is CCN(CC)CCNC(=O)Nc1cc(OC)c(OC)c(OC)c1. The van der Waals surface area contributed by atoms with Crippen LogP contribution in [0.2, 0.25) is 0 Å². The third kappa shape index (κ3) is 5.52. The Balaban J connectivity index is 2.67. The molecule has 2 amide bonds. The number of carbonyl (C=O) groups is 1. The van der Waals surface area contributed by atoms with Gasteiger partial charge in [0.05, 0.1) is 27.0 Å². The van der Waals surface area contributed by atoms with Crippen LogP contribution >= 0.6 is 0 Å². The maximum Gasteiger partial charge on any atom is 0.319 e. The van der Waals surface area contributed by atoms with Gasteiger partial charge >= 0.3 is 6.03 Å². The lowest BCUT2D eigenvalue weighted by Gasteiger charge is -2.18. The normalized spacial score (nSPS) is 10.3. The quantitative estimate of drug-likeness (QED) is 0.728. The fourth-order valence-electron chi connectivity index (χ4n) is 2.20. The summed E-state index contributed by atoms with van der Waals surface area (Å²) in [6.45, 7) is 7.52. The fourth-order valence-corrected chi connectivity index (χ4v) is 2.20. The van der Waals surface area contributed by atoms with Crippen LogP contribution in [-0.2, 0) is 0 Å². The lowest BCUT2D eigenvalue weighted by Crippen LogP contribution is -2.36. The number of carbonyl (C=O) groups excluding carboxylic acids is 1. The van der Waals surface area contributed by atoms with Crippen molar-refractivity contribution >= 4 is 11.7 Å². The average molecular weight is 325 g/mol. The highest BCUT2D eigenvalue weighted by molar-refractivity contribution is 5.90. The molecule has 0 heterocycles. The van der Waals surface area contributed by atoms with Crippen LogP contribution in [0.15, 0.2) is 12.1 Å². The molecule has 0 aliphatic rings. The molecule has 0 saturated carbocycles. The third-order valence-electron chi connectivity index (χ3n) is 3.53. The Kier molecular flexibility index (Phi) is 8.04. The van der Waals surface area contributed by atoms with Gasteiger partial charge in [-0.15, -0.1) is 0 Å². The molecular weight excluding hydrogens is 298 g/mol. The minimum absolute atomic E-state index is 0.272. The Labute approximate surface area is 137 Å². The molecule has 23 heavy (non-hydrogen) atoms. The summed E-state index contributed by atoms with van der Waals surface area (Å²) in [6, 6.07) is 3.10. The summed E-state index contributed by atoms with van der Waals surface area (Å²) in [6.07, 6.45) is 0. The number of nitrogens with zero attached hydrogens (tertiary/aromatic N) is 1. The molecule has 0 aliphatic heterocycles. The summed E-state index contributed by atoms with van der Waals surface area (Å²) in [7, 11) is 4.60. The van der Waals surface area contributed by atoms with Crippen LogP contribution in [0.4, 0.5) is 10.5 Å². The van der Waals surface area contributed by atoms with Crippen molar-refractivity contribution in [2.75, 3.05) is 52.8 Å². The molecule has 0 aliphatic carbocycles. The molecular formula is C16H27N3O4. The second-order valence-corrected chi connectivity index (χ2v) is 4.82. The number of benzene rings is 1. The molecule has 0 bridgehead atoms. The number of hydrogen-bond acceptors (Lipinski definition) is 5. The first-order chi connectivity index (χ1) is 11.1. The molecule has 1 rings (SSSR count). The van der Waals surface area contributed by atoms with E-state index in [9.17, 15) is 4.79 Å². The van der Waals surface area contributed by atoms with Gasteiger partial charge in [0.15, 0.2) is 11.5 Å². The molecule has 2 N–H and O–H groups in total. The summed E-state index contributed by atoms with van der Waals surface area (Å²) in [5.74, 6) is 1.47. The molecule has 0 radical (unpaired) electrons. The van der Waals surface area contributed by atoms with Crippen molar-refractivity contribution in [1.82, 2.24) is 10.2 Å². The topological polar surface area (TPSA) is 72.1 Å². The summed E-state index contributed by atoms with van der Waals surface area (Å²) >= 11 is 0. The van der Waals surface area contributed by atoms with E-state index in [1.807, 2.05) is 0 Å². The van der Waals surface area contributed by atoms with Gasteiger partial charge in [-0.25, -0.2) is 4.79 Å². The first kappa shape index (κ1) is 18.9. The van der Waals surface area contributed by atoms with Crippen molar-refractivity contribution < 1.29 is 19.0 Å². The summed E-state index contributed by atoms with van der Waals surface area (Å²) in [4.78, 5) is 14.2. The number of nitrogens with one attached hydrogen (secondary N) is 2. The summed E-state index contributed by atoms with van der Waals surface area (Å²) in [5, 5.41) is 5.60. The molecule has 0 saturated heterocycles. The van der Waals surface area contributed by atoms with Gasteiger partial charge in [0.2, 0.25) is 5.75 Å². The van der Waals surface area contributed by atoms with E-state index in [2.05, 4.69) is 29.4 Å². The molecule has 0 spiro atoms. The van der Waals surface area contributed by atoms with E-state index in [-0.39, 0.29) is 6.03 Å². The third-order valence-corrected chi connectivity index (χ3v) is 3.53. The highest BCUT2D eigenvalue weighted by Crippen LogP contribution is 2.39. The van der Waals surface area contributed by atoms with Crippen LogP contribution in [0.3, 0.4) is 0 Å². The monoisotopic (exact) mass is 325 g/mol. The molecule has 0 aromatic heterocycles. The number of hydrogen-bond donors (Lipinski definition) is 2. The van der Waals surface area contributed by atoms with Gasteiger partial charge in [-0.05, 0) is 13.1 Å². The highest BCUT2D eigenvalue weighted by Gasteiger charge is 2.14. The first-order valence-corrected chi connectivity index (χ1v) is 7.66. The second-order valence-electron chi connectivity index (χ2n) is 4.82. The van der Waals surface area contributed by atoms with Crippen LogP contribution in [0.1, 0.15) is 13.8 Å². The van der Waals surface area contributed by atoms with Crippen LogP contribution in [0.25, 0.3) is 0 Å². The second kappa shape index (κ2) is 9.78. The summed E-state index contributed by atoms with van der Waals surface area (Å²) < 4.78 is 15.8.